The Hall–Kier alpha value is -3.83. The number of carbonyl (C=O) groups is 2. The molecular formula is C26H20Cl2FN5O4. The summed E-state index contributed by atoms with van der Waals surface area (Å²) in [6, 6.07) is 15.3. The van der Waals surface area contributed by atoms with Crippen LogP contribution in [0.1, 0.15) is 20.8 Å². The van der Waals surface area contributed by atoms with Crippen molar-refractivity contribution in [1.29, 1.82) is 0 Å². The molecule has 194 valence electrons. The minimum Gasteiger partial charge on any atom is -0.388 e. The van der Waals surface area contributed by atoms with Crippen molar-refractivity contribution in [2.45, 2.75) is 12.1 Å². The summed E-state index contributed by atoms with van der Waals surface area (Å²) in [4.78, 5) is 30.3. The molecule has 5 rings (SSSR count). The monoisotopic (exact) mass is 555 g/mol. The van der Waals surface area contributed by atoms with Gasteiger partial charge in [-0.05, 0) is 36.4 Å². The fourth-order valence-electron chi connectivity index (χ4n) is 3.91. The number of hydrogen-bond donors (Lipinski definition) is 3. The Morgan fingerprint density at radius 1 is 1.03 bits per heavy atom. The zero-order valence-electron chi connectivity index (χ0n) is 19.6. The third-order valence-electron chi connectivity index (χ3n) is 5.86. The first-order valence-corrected chi connectivity index (χ1v) is 12.2. The molecule has 1 saturated heterocycles. The fraction of sp³-hybridized carbons (Fsp3) is 0.154. The van der Waals surface area contributed by atoms with Crippen molar-refractivity contribution >= 4 is 40.8 Å². The van der Waals surface area contributed by atoms with Gasteiger partial charge in [-0.1, -0.05) is 41.4 Å². The highest BCUT2D eigenvalue weighted by Gasteiger charge is 2.29. The van der Waals surface area contributed by atoms with Crippen LogP contribution in [0.2, 0.25) is 10.0 Å². The fourth-order valence-corrected chi connectivity index (χ4v) is 4.47. The zero-order valence-corrected chi connectivity index (χ0v) is 21.1. The molecule has 12 heteroatoms. The highest BCUT2D eigenvalue weighted by atomic mass is 35.5. The third-order valence-corrected chi connectivity index (χ3v) is 6.48. The minimum atomic E-state index is -0.828. The van der Waals surface area contributed by atoms with Crippen molar-refractivity contribution in [3.05, 3.63) is 94.0 Å². The quantitative estimate of drug-likeness (QED) is 0.329. The average Bonchev–Trinajstić information content (AvgIpc) is 3.51. The van der Waals surface area contributed by atoms with E-state index >= 15 is 0 Å². The molecule has 1 aliphatic rings. The Balaban J connectivity index is 1.47. The number of benzene rings is 2. The first-order valence-electron chi connectivity index (χ1n) is 11.4. The number of aromatic nitrogens is 3. The molecule has 0 radical (unpaired) electrons. The van der Waals surface area contributed by atoms with E-state index in [-0.39, 0.29) is 40.3 Å². The number of anilines is 1. The molecule has 9 nitrogen and oxygen atoms in total. The van der Waals surface area contributed by atoms with Crippen molar-refractivity contribution in [3.63, 3.8) is 0 Å². The third kappa shape index (κ3) is 5.39. The second-order valence-electron chi connectivity index (χ2n) is 8.47. The smallest absolute Gasteiger partial charge is 0.272 e. The van der Waals surface area contributed by atoms with Crippen LogP contribution >= 0.6 is 23.2 Å². The van der Waals surface area contributed by atoms with E-state index < -0.39 is 29.8 Å². The van der Waals surface area contributed by atoms with E-state index in [1.807, 2.05) is 6.07 Å². The van der Waals surface area contributed by atoms with E-state index in [0.29, 0.717) is 16.9 Å². The van der Waals surface area contributed by atoms with Gasteiger partial charge < -0.3 is 20.5 Å². The molecule has 2 aromatic carbocycles. The molecule has 2 aromatic heterocycles. The van der Waals surface area contributed by atoms with E-state index in [0.717, 1.165) is 6.20 Å². The number of hydrogen-bond acceptors (Lipinski definition) is 6. The van der Waals surface area contributed by atoms with Crippen LogP contribution < -0.4 is 10.6 Å². The molecule has 1 fully saturated rings. The highest BCUT2D eigenvalue weighted by Crippen LogP contribution is 2.32. The number of nitrogens with zero attached hydrogens (tertiary/aromatic N) is 3. The molecule has 4 aromatic rings. The van der Waals surface area contributed by atoms with E-state index in [9.17, 15) is 19.1 Å². The van der Waals surface area contributed by atoms with Crippen LogP contribution in [0.4, 0.5) is 10.2 Å². The predicted molar refractivity (Wildman–Crippen MR) is 139 cm³/mol. The molecule has 2 atom stereocenters. The molecule has 1 aliphatic heterocycles. The Labute approximate surface area is 226 Å². The Kier molecular flexibility index (Phi) is 7.39. The van der Waals surface area contributed by atoms with Crippen LogP contribution in [0.5, 0.6) is 0 Å². The highest BCUT2D eigenvalue weighted by molar-refractivity contribution is 6.38. The summed E-state index contributed by atoms with van der Waals surface area (Å²) in [7, 11) is 0. The van der Waals surface area contributed by atoms with Gasteiger partial charge in [0, 0.05) is 11.6 Å². The first-order chi connectivity index (χ1) is 18.3. The maximum absolute atomic E-state index is 13.4. The number of aliphatic hydroxyl groups is 1. The molecule has 2 amide bonds. The minimum absolute atomic E-state index is 0.0154. The number of pyridine rings is 1. The maximum Gasteiger partial charge on any atom is 0.272 e. The number of carbonyl (C=O) groups excluding carboxylic acids is 2. The molecule has 0 aliphatic carbocycles. The molecular weight excluding hydrogens is 536 g/mol. The lowest BCUT2D eigenvalue weighted by molar-refractivity contribution is 0.0881. The van der Waals surface area contributed by atoms with Crippen molar-refractivity contribution in [3.8, 4) is 16.9 Å². The molecule has 38 heavy (non-hydrogen) atoms. The molecule has 3 heterocycles. The van der Waals surface area contributed by atoms with Gasteiger partial charge in [-0.3, -0.25) is 14.6 Å². The Morgan fingerprint density at radius 3 is 2.50 bits per heavy atom. The lowest BCUT2D eigenvalue weighted by Crippen LogP contribution is -2.42. The van der Waals surface area contributed by atoms with Gasteiger partial charge in [0.25, 0.3) is 11.8 Å². The summed E-state index contributed by atoms with van der Waals surface area (Å²) in [5.41, 5.74) is 1.42. The van der Waals surface area contributed by atoms with Gasteiger partial charge >= 0.3 is 0 Å². The number of aliphatic hydroxyl groups excluding tert-OH is 1. The van der Waals surface area contributed by atoms with Crippen LogP contribution in [0.3, 0.4) is 0 Å². The number of para-hydroxylation sites is 1. The van der Waals surface area contributed by atoms with Crippen LogP contribution in [0, 0.1) is 5.82 Å². The van der Waals surface area contributed by atoms with Crippen molar-refractivity contribution in [1.82, 2.24) is 20.1 Å². The maximum atomic E-state index is 13.4. The SMILES string of the molecule is O=C(N[C@@H]1COC[C@H]1O)c1cc(NC(=O)c2cc(-c3ccc(F)cn3)c(Cl)cc2Cl)n(-c2ccccc2)n1. The standard InChI is InChI=1S/C26H20Cl2FN5O4/c27-18-9-19(28)17(8-16(18)20-7-6-14(29)11-30-20)25(36)32-24-10-21(26(37)31-22-12-38-13-23(22)35)33-34(24)15-4-2-1-3-5-15/h1-11,22-23,35H,12-13H2,(H,31,37)(H,32,36)/t22-,23-/m1/s1. The number of nitrogens with one attached hydrogen (secondary N) is 2. The molecule has 0 bridgehead atoms. The van der Waals surface area contributed by atoms with E-state index in [4.69, 9.17) is 27.9 Å². The number of ether oxygens (including phenoxy) is 1. The summed E-state index contributed by atoms with van der Waals surface area (Å²) >= 11 is 12.7. The zero-order chi connectivity index (χ0) is 26.8. The summed E-state index contributed by atoms with van der Waals surface area (Å²) in [6.07, 6.45) is 0.216. The van der Waals surface area contributed by atoms with E-state index in [1.54, 1.807) is 24.3 Å². The summed E-state index contributed by atoms with van der Waals surface area (Å²) in [5, 5.41) is 20.1. The van der Waals surface area contributed by atoms with E-state index in [2.05, 4.69) is 20.7 Å². The van der Waals surface area contributed by atoms with Gasteiger partial charge in [0.2, 0.25) is 0 Å². The number of rotatable bonds is 6. The van der Waals surface area contributed by atoms with Crippen molar-refractivity contribution in [2.75, 3.05) is 18.5 Å². The van der Waals surface area contributed by atoms with Crippen LogP contribution in [-0.4, -0.2) is 57.0 Å². The van der Waals surface area contributed by atoms with Crippen LogP contribution in [0.25, 0.3) is 16.9 Å². The topological polar surface area (TPSA) is 118 Å². The second kappa shape index (κ2) is 10.9. The van der Waals surface area contributed by atoms with Crippen molar-refractivity contribution < 1.29 is 23.8 Å². The van der Waals surface area contributed by atoms with Crippen LogP contribution in [0.15, 0.2) is 66.9 Å². The molecule has 0 unspecified atom stereocenters. The lowest BCUT2D eigenvalue weighted by atomic mass is 10.1. The molecule has 0 saturated carbocycles. The van der Waals surface area contributed by atoms with Crippen LogP contribution in [-0.2, 0) is 4.74 Å². The molecule has 3 N–H and O–H groups in total. The second-order valence-corrected chi connectivity index (χ2v) is 9.29. The summed E-state index contributed by atoms with van der Waals surface area (Å²) in [6.45, 7) is 0.304. The van der Waals surface area contributed by atoms with Crippen molar-refractivity contribution in [2.24, 2.45) is 0 Å². The predicted octanol–water partition coefficient (Wildman–Crippen LogP) is 4.12. The van der Waals surface area contributed by atoms with Gasteiger partial charge in [-0.2, -0.15) is 5.10 Å². The average molecular weight is 556 g/mol. The van der Waals surface area contributed by atoms with Gasteiger partial charge in [-0.15, -0.1) is 0 Å². The Morgan fingerprint density at radius 2 is 1.82 bits per heavy atom. The number of amides is 2. The van der Waals surface area contributed by atoms with Gasteiger partial charge in [0.1, 0.15) is 11.6 Å². The summed E-state index contributed by atoms with van der Waals surface area (Å²) < 4.78 is 19.9. The first kappa shape index (κ1) is 25.8. The molecule has 0 spiro atoms. The normalized spacial score (nSPS) is 16.8. The van der Waals surface area contributed by atoms with E-state index in [1.165, 1.54) is 35.0 Å². The number of halogens is 3. The van der Waals surface area contributed by atoms with Gasteiger partial charge in [-0.25, -0.2) is 9.07 Å². The summed E-state index contributed by atoms with van der Waals surface area (Å²) in [5.74, 6) is -1.46. The van der Waals surface area contributed by atoms with Gasteiger partial charge in [0.05, 0.1) is 58.5 Å². The Bertz CT molecular complexity index is 1500. The van der Waals surface area contributed by atoms with Gasteiger partial charge in [0.15, 0.2) is 5.69 Å². The lowest BCUT2D eigenvalue weighted by Gasteiger charge is -2.13. The largest absolute Gasteiger partial charge is 0.388 e.